The van der Waals surface area contributed by atoms with Crippen LogP contribution in [0.15, 0.2) is 36.4 Å². The van der Waals surface area contributed by atoms with Gasteiger partial charge in [-0.25, -0.2) is 0 Å². The molecule has 2 aliphatic rings. The van der Waals surface area contributed by atoms with Crippen LogP contribution in [0.4, 0.5) is 45.5 Å². The van der Waals surface area contributed by atoms with Crippen LogP contribution in [-0.4, -0.2) is 37.2 Å². The molecule has 43 heavy (non-hydrogen) atoms. The van der Waals surface area contributed by atoms with Crippen LogP contribution in [0.2, 0.25) is 0 Å². The average molecular weight is 621 g/mol. The molecular weight excluding hydrogens is 591 g/mol. The van der Waals surface area contributed by atoms with Crippen molar-refractivity contribution in [1.82, 2.24) is 25.1 Å². The largest absolute Gasteiger partial charge is 0.416 e. The molecule has 5 rings (SSSR count). The van der Waals surface area contributed by atoms with E-state index in [9.17, 15) is 39.5 Å². The Kier molecular flexibility index (Phi) is 8.16. The maximum atomic E-state index is 13.9. The molecule has 2 aromatic carbocycles. The van der Waals surface area contributed by atoms with Gasteiger partial charge in [0.1, 0.15) is 0 Å². The summed E-state index contributed by atoms with van der Waals surface area (Å²) >= 11 is 0. The van der Waals surface area contributed by atoms with Gasteiger partial charge in [0.25, 0.3) is 5.95 Å². The highest BCUT2D eigenvalue weighted by molar-refractivity contribution is 5.42. The molecule has 3 aromatic rings. The van der Waals surface area contributed by atoms with Gasteiger partial charge in [0.15, 0.2) is 0 Å². The van der Waals surface area contributed by atoms with E-state index in [0.717, 1.165) is 42.6 Å². The van der Waals surface area contributed by atoms with E-state index in [1.807, 2.05) is 6.92 Å². The van der Waals surface area contributed by atoms with Gasteiger partial charge in [-0.15, -0.1) is 5.10 Å². The van der Waals surface area contributed by atoms with Crippen LogP contribution in [0.25, 0.3) is 0 Å². The third-order valence-electron chi connectivity index (χ3n) is 8.20. The molecule has 2 bridgehead atoms. The van der Waals surface area contributed by atoms with Gasteiger partial charge >= 0.3 is 18.5 Å². The molecule has 3 heterocycles. The molecule has 2 saturated heterocycles. The van der Waals surface area contributed by atoms with E-state index in [0.29, 0.717) is 36.2 Å². The van der Waals surface area contributed by atoms with Gasteiger partial charge in [0.2, 0.25) is 0 Å². The van der Waals surface area contributed by atoms with Crippen molar-refractivity contribution >= 4 is 5.95 Å². The Labute approximate surface area is 241 Å². The molecule has 2 fully saturated rings. The number of tetrazole rings is 1. The van der Waals surface area contributed by atoms with E-state index in [2.05, 4.69) is 20.3 Å². The van der Waals surface area contributed by atoms with Crippen molar-refractivity contribution in [3.63, 3.8) is 0 Å². The summed E-state index contributed by atoms with van der Waals surface area (Å²) in [6, 6.07) is 5.01. The van der Waals surface area contributed by atoms with Gasteiger partial charge in [0.05, 0.1) is 23.7 Å². The van der Waals surface area contributed by atoms with Crippen molar-refractivity contribution < 1.29 is 39.5 Å². The number of alkyl halides is 9. The fourth-order valence-electron chi connectivity index (χ4n) is 6.32. The number of hydrogen-bond acceptors (Lipinski definition) is 5. The normalized spacial score (nSPS) is 20.2. The molecule has 1 unspecified atom stereocenters. The summed E-state index contributed by atoms with van der Waals surface area (Å²) in [6.07, 6.45) is -10.2. The molecule has 0 N–H and O–H groups in total. The molecule has 6 nitrogen and oxygen atoms in total. The Balaban J connectivity index is 1.58. The fraction of sp³-hybridized carbons (Fsp3) is 0.536. The molecule has 3 atom stereocenters. The number of nitrogens with zero attached hydrogens (tertiary/aromatic N) is 6. The minimum absolute atomic E-state index is 0.0229. The predicted octanol–water partition coefficient (Wildman–Crippen LogP) is 7.55. The molecule has 0 aliphatic carbocycles. The first-order valence-electron chi connectivity index (χ1n) is 13.8. The summed E-state index contributed by atoms with van der Waals surface area (Å²) in [4.78, 5) is 4.60. The van der Waals surface area contributed by atoms with Crippen LogP contribution >= 0.6 is 0 Å². The van der Waals surface area contributed by atoms with E-state index in [1.54, 1.807) is 0 Å². The number of aromatic nitrogens is 4. The zero-order valence-corrected chi connectivity index (χ0v) is 23.2. The van der Waals surface area contributed by atoms with Crippen LogP contribution in [0, 0.1) is 0 Å². The van der Waals surface area contributed by atoms with E-state index in [4.69, 9.17) is 0 Å². The second kappa shape index (κ2) is 11.3. The molecule has 1 aromatic heterocycles. The number of aryl methyl sites for hydroxylation is 1. The summed E-state index contributed by atoms with van der Waals surface area (Å²) in [5.74, 6) is -0.161. The quantitative estimate of drug-likeness (QED) is 0.244. The Bertz CT molecular complexity index is 1400. The molecular formula is C28H29F9N6. The number of rotatable bonds is 8. The molecule has 0 spiro atoms. The summed E-state index contributed by atoms with van der Waals surface area (Å²) in [7, 11) is 1.41. The standard InChI is InChI=1S/C28H29F9N6/c1-3-24(43-21-5-4-6-22(43)13-21)23-8-7-18(26(29,30)31)11-17(23)15-42(25-38-40-41(2)39-25)14-16-9-19(27(32,33)34)12-20(10-16)28(35,36)37/h7-12,21-22,24H,3-6,13-15H2,1-2H3/t21-,22+,24?. The van der Waals surface area contributed by atoms with Gasteiger partial charge in [0, 0.05) is 31.2 Å². The molecule has 234 valence electrons. The molecule has 15 heteroatoms. The summed E-state index contributed by atoms with van der Waals surface area (Å²) in [5, 5.41) is 11.7. The third-order valence-corrected chi connectivity index (χ3v) is 8.20. The van der Waals surface area contributed by atoms with Crippen molar-refractivity contribution in [3.05, 3.63) is 69.8 Å². The van der Waals surface area contributed by atoms with E-state index >= 15 is 0 Å². The van der Waals surface area contributed by atoms with Crippen LogP contribution in [0.1, 0.15) is 78.5 Å². The maximum Gasteiger partial charge on any atom is 0.416 e. The van der Waals surface area contributed by atoms with E-state index in [-0.39, 0.29) is 35.7 Å². The second-order valence-electron chi connectivity index (χ2n) is 11.1. The number of fused-ring (bicyclic) bond motifs is 2. The van der Waals surface area contributed by atoms with Gasteiger partial charge < -0.3 is 4.90 Å². The minimum atomic E-state index is -5.07. The summed E-state index contributed by atoms with van der Waals surface area (Å²) in [6.45, 7) is 1.06. The topological polar surface area (TPSA) is 50.1 Å². The Hall–Kier alpha value is -3.36. The zero-order valence-electron chi connectivity index (χ0n) is 23.2. The van der Waals surface area contributed by atoms with Crippen LogP contribution < -0.4 is 4.90 Å². The van der Waals surface area contributed by atoms with Crippen LogP contribution in [0.5, 0.6) is 0 Å². The highest BCUT2D eigenvalue weighted by atomic mass is 19.4. The first kappa shape index (κ1) is 31.1. The smallest absolute Gasteiger partial charge is 0.330 e. The van der Waals surface area contributed by atoms with Crippen molar-refractivity contribution in [2.75, 3.05) is 4.90 Å². The number of hydrogen-bond donors (Lipinski definition) is 0. The summed E-state index contributed by atoms with van der Waals surface area (Å²) in [5.41, 5.74) is -3.45. The van der Waals surface area contributed by atoms with Gasteiger partial charge in [-0.3, -0.25) is 4.90 Å². The van der Waals surface area contributed by atoms with Gasteiger partial charge in [-0.1, -0.05) is 24.5 Å². The van der Waals surface area contributed by atoms with Crippen molar-refractivity contribution in [2.24, 2.45) is 7.05 Å². The number of benzene rings is 2. The Morgan fingerprint density at radius 2 is 1.44 bits per heavy atom. The lowest BCUT2D eigenvalue weighted by atomic mass is 9.76. The number of halogens is 9. The lowest BCUT2D eigenvalue weighted by Crippen LogP contribution is -2.59. The second-order valence-corrected chi connectivity index (χ2v) is 11.1. The van der Waals surface area contributed by atoms with E-state index < -0.39 is 41.8 Å². The maximum absolute atomic E-state index is 13.9. The highest BCUT2D eigenvalue weighted by Crippen LogP contribution is 2.46. The predicted molar refractivity (Wildman–Crippen MR) is 137 cm³/mol. The minimum Gasteiger partial charge on any atom is -0.330 e. The average Bonchev–Trinajstić information content (AvgIpc) is 3.36. The Morgan fingerprint density at radius 1 is 0.837 bits per heavy atom. The van der Waals surface area contributed by atoms with E-state index in [1.165, 1.54) is 18.0 Å². The monoisotopic (exact) mass is 620 g/mol. The van der Waals surface area contributed by atoms with Crippen molar-refractivity contribution in [1.29, 1.82) is 0 Å². The summed E-state index contributed by atoms with van der Waals surface area (Å²) < 4.78 is 123. The third kappa shape index (κ3) is 6.60. The molecule has 0 saturated carbocycles. The fourth-order valence-corrected chi connectivity index (χ4v) is 6.32. The number of anilines is 1. The first-order valence-corrected chi connectivity index (χ1v) is 13.8. The lowest BCUT2D eigenvalue weighted by molar-refractivity contribution is -0.143. The van der Waals surface area contributed by atoms with Crippen LogP contribution in [0.3, 0.4) is 0 Å². The highest BCUT2D eigenvalue weighted by Gasteiger charge is 2.45. The molecule has 0 radical (unpaired) electrons. The van der Waals surface area contributed by atoms with Crippen molar-refractivity contribution in [2.45, 2.75) is 88.8 Å². The SMILES string of the molecule is CCC(c1ccc(C(F)(F)F)cc1CN(Cc1cc(C(F)(F)F)cc(C(F)(F)F)c1)c1nnn(C)n1)N1[C@@H]2CCC[C@H]1C2. The van der Waals surface area contributed by atoms with Crippen LogP contribution in [-0.2, 0) is 38.7 Å². The zero-order chi connectivity index (χ0) is 31.3. The first-order chi connectivity index (χ1) is 20.0. The Morgan fingerprint density at radius 3 is 1.93 bits per heavy atom. The van der Waals surface area contributed by atoms with Gasteiger partial charge in [-0.05, 0) is 77.9 Å². The molecule has 2 aliphatic heterocycles. The van der Waals surface area contributed by atoms with Gasteiger partial charge in [-0.2, -0.15) is 44.3 Å². The molecule has 0 amide bonds. The lowest BCUT2D eigenvalue weighted by Gasteiger charge is -2.56. The van der Waals surface area contributed by atoms with Crippen molar-refractivity contribution in [3.8, 4) is 0 Å². The number of piperidine rings is 1.